The van der Waals surface area contributed by atoms with Crippen molar-refractivity contribution in [2.45, 2.75) is 26.3 Å². The van der Waals surface area contributed by atoms with Crippen LogP contribution in [-0.4, -0.2) is 33.4 Å². The van der Waals surface area contributed by atoms with E-state index in [9.17, 15) is 9.59 Å². The number of benzene rings is 1. The molecule has 0 atom stereocenters. The molecule has 3 aromatic rings. The van der Waals surface area contributed by atoms with E-state index in [1.807, 2.05) is 35.4 Å². The molecule has 5 nitrogen and oxygen atoms in total. The summed E-state index contributed by atoms with van der Waals surface area (Å²) in [7, 11) is 0. The zero-order valence-electron chi connectivity index (χ0n) is 14.4. The Morgan fingerprint density at radius 2 is 2.08 bits per heavy atom. The van der Waals surface area contributed by atoms with Crippen LogP contribution in [0.1, 0.15) is 18.4 Å². The normalized spacial score (nSPS) is 14.3. The van der Waals surface area contributed by atoms with E-state index in [1.54, 1.807) is 0 Å². The van der Waals surface area contributed by atoms with Crippen molar-refractivity contribution in [3.05, 3.63) is 50.8 Å². The maximum Gasteiger partial charge on any atom is 0.263 e. The molecule has 1 amide bonds. The van der Waals surface area contributed by atoms with Crippen molar-refractivity contribution in [3.63, 3.8) is 0 Å². The fourth-order valence-electron chi connectivity index (χ4n) is 3.32. The molecule has 1 saturated heterocycles. The van der Waals surface area contributed by atoms with E-state index >= 15 is 0 Å². The average molecular weight is 388 g/mol. The Balaban J connectivity index is 1.75. The monoisotopic (exact) mass is 387 g/mol. The maximum atomic E-state index is 13.0. The number of rotatable bonds is 3. The molecule has 1 fully saturated rings. The van der Waals surface area contributed by atoms with E-state index in [1.165, 1.54) is 22.2 Å². The molecule has 0 saturated carbocycles. The molecule has 1 aromatic carbocycles. The number of likely N-dealkylation sites (tertiary alicyclic amines) is 1. The number of aryl methyl sites for hydroxylation is 1. The molecular formula is C19H18ClN3O2S. The summed E-state index contributed by atoms with van der Waals surface area (Å²) >= 11 is 7.55. The van der Waals surface area contributed by atoms with Crippen LogP contribution in [0.2, 0.25) is 5.02 Å². The van der Waals surface area contributed by atoms with Gasteiger partial charge in [-0.1, -0.05) is 17.7 Å². The third kappa shape index (κ3) is 3.04. The number of amides is 1. The van der Waals surface area contributed by atoms with Gasteiger partial charge in [-0.25, -0.2) is 4.98 Å². The number of fused-ring (bicyclic) bond motifs is 1. The molecule has 1 aliphatic rings. The number of halogens is 1. The Hall–Kier alpha value is -2.18. The molecule has 0 radical (unpaired) electrons. The van der Waals surface area contributed by atoms with Gasteiger partial charge in [0, 0.05) is 29.1 Å². The smallest absolute Gasteiger partial charge is 0.263 e. The molecule has 0 spiro atoms. The lowest BCUT2D eigenvalue weighted by atomic mass is 10.0. The second-order valence-electron chi connectivity index (χ2n) is 6.56. The van der Waals surface area contributed by atoms with E-state index in [4.69, 9.17) is 11.6 Å². The maximum absolute atomic E-state index is 13.0. The van der Waals surface area contributed by atoms with Crippen LogP contribution in [0.5, 0.6) is 0 Å². The summed E-state index contributed by atoms with van der Waals surface area (Å²) in [6, 6.07) is 5.71. The van der Waals surface area contributed by atoms with Crippen LogP contribution >= 0.6 is 22.9 Å². The highest BCUT2D eigenvalue weighted by Crippen LogP contribution is 2.32. The van der Waals surface area contributed by atoms with Crippen LogP contribution in [0, 0.1) is 6.92 Å². The predicted octanol–water partition coefficient (Wildman–Crippen LogP) is 3.71. The standard InChI is InChI=1S/C19H18ClN3O2S/c1-12-8-13(4-5-15(12)20)14-10-26-18-17(14)19(25)23(11-21-18)9-16(24)22-6-2-3-7-22/h4-5,8,10-11H,2-3,6-7,9H2,1H3. The highest BCUT2D eigenvalue weighted by atomic mass is 35.5. The quantitative estimate of drug-likeness (QED) is 0.688. The zero-order chi connectivity index (χ0) is 18.3. The minimum absolute atomic E-state index is 0.0233. The van der Waals surface area contributed by atoms with Crippen molar-refractivity contribution in [2.75, 3.05) is 13.1 Å². The van der Waals surface area contributed by atoms with Gasteiger partial charge < -0.3 is 4.90 Å². The van der Waals surface area contributed by atoms with E-state index in [-0.39, 0.29) is 18.0 Å². The van der Waals surface area contributed by atoms with Crippen LogP contribution in [-0.2, 0) is 11.3 Å². The lowest BCUT2D eigenvalue weighted by Crippen LogP contribution is -2.34. The average Bonchev–Trinajstić information content (AvgIpc) is 3.29. The van der Waals surface area contributed by atoms with Gasteiger partial charge in [-0.05, 0) is 43.0 Å². The van der Waals surface area contributed by atoms with Gasteiger partial charge in [0.15, 0.2) is 0 Å². The van der Waals surface area contributed by atoms with Crippen molar-refractivity contribution in [2.24, 2.45) is 0 Å². The van der Waals surface area contributed by atoms with Gasteiger partial charge in [0.2, 0.25) is 5.91 Å². The first-order valence-electron chi connectivity index (χ1n) is 8.55. The van der Waals surface area contributed by atoms with Gasteiger partial charge >= 0.3 is 0 Å². The first kappa shape index (κ1) is 17.2. The highest BCUT2D eigenvalue weighted by Gasteiger charge is 2.20. The molecule has 2 aromatic heterocycles. The lowest BCUT2D eigenvalue weighted by Gasteiger charge is -2.15. The summed E-state index contributed by atoms with van der Waals surface area (Å²) in [6.07, 6.45) is 3.54. The Kier molecular flexibility index (Phi) is 4.54. The molecular weight excluding hydrogens is 370 g/mol. The number of hydrogen-bond donors (Lipinski definition) is 0. The largest absolute Gasteiger partial charge is 0.341 e. The minimum atomic E-state index is -0.175. The van der Waals surface area contributed by atoms with Gasteiger partial charge in [-0.15, -0.1) is 11.3 Å². The summed E-state index contributed by atoms with van der Waals surface area (Å²) in [5, 5.41) is 3.20. The Labute approximate surface area is 159 Å². The zero-order valence-corrected chi connectivity index (χ0v) is 15.9. The van der Waals surface area contributed by atoms with Gasteiger partial charge in [0.05, 0.1) is 11.7 Å². The van der Waals surface area contributed by atoms with Crippen molar-refractivity contribution in [1.82, 2.24) is 14.5 Å². The molecule has 0 bridgehead atoms. The van der Waals surface area contributed by atoms with Crippen LogP contribution in [0.15, 0.2) is 34.7 Å². The summed E-state index contributed by atoms with van der Waals surface area (Å²) in [5.41, 5.74) is 2.55. The molecule has 3 heterocycles. The van der Waals surface area contributed by atoms with Crippen molar-refractivity contribution in [1.29, 1.82) is 0 Å². The third-order valence-corrected chi connectivity index (χ3v) is 6.10. The van der Waals surface area contributed by atoms with E-state index in [2.05, 4.69) is 4.98 Å². The molecule has 134 valence electrons. The molecule has 0 unspecified atom stereocenters. The topological polar surface area (TPSA) is 55.2 Å². The lowest BCUT2D eigenvalue weighted by molar-refractivity contribution is -0.130. The number of carbonyl (C=O) groups excluding carboxylic acids is 1. The van der Waals surface area contributed by atoms with E-state index < -0.39 is 0 Å². The Bertz CT molecular complexity index is 1050. The molecule has 7 heteroatoms. The van der Waals surface area contributed by atoms with Crippen molar-refractivity contribution >= 4 is 39.1 Å². The second-order valence-corrected chi connectivity index (χ2v) is 7.82. The first-order valence-corrected chi connectivity index (χ1v) is 9.81. The third-order valence-electron chi connectivity index (χ3n) is 4.79. The predicted molar refractivity (Wildman–Crippen MR) is 105 cm³/mol. The van der Waals surface area contributed by atoms with Crippen LogP contribution < -0.4 is 5.56 Å². The number of thiophene rings is 1. The molecule has 4 rings (SSSR count). The van der Waals surface area contributed by atoms with Gasteiger partial charge in [-0.2, -0.15) is 0 Å². The number of aromatic nitrogens is 2. The summed E-state index contributed by atoms with van der Waals surface area (Å²) in [6.45, 7) is 3.52. The number of carbonyl (C=O) groups is 1. The molecule has 0 N–H and O–H groups in total. The van der Waals surface area contributed by atoms with Gasteiger partial charge in [0.1, 0.15) is 11.4 Å². The SMILES string of the molecule is Cc1cc(-c2csc3ncn(CC(=O)N4CCCC4)c(=O)c23)ccc1Cl. The van der Waals surface area contributed by atoms with Crippen LogP contribution in [0.25, 0.3) is 21.3 Å². The summed E-state index contributed by atoms with van der Waals surface area (Å²) in [5.74, 6) is -0.0233. The van der Waals surface area contributed by atoms with Gasteiger partial charge in [0.25, 0.3) is 5.56 Å². The number of nitrogens with zero attached hydrogens (tertiary/aromatic N) is 3. The van der Waals surface area contributed by atoms with Gasteiger partial charge in [-0.3, -0.25) is 14.2 Å². The highest BCUT2D eigenvalue weighted by molar-refractivity contribution is 7.17. The fourth-order valence-corrected chi connectivity index (χ4v) is 4.34. The van der Waals surface area contributed by atoms with Crippen molar-refractivity contribution in [3.8, 4) is 11.1 Å². The molecule has 26 heavy (non-hydrogen) atoms. The fraction of sp³-hybridized carbons (Fsp3) is 0.316. The van der Waals surface area contributed by atoms with Crippen molar-refractivity contribution < 1.29 is 4.79 Å². The minimum Gasteiger partial charge on any atom is -0.341 e. The molecule has 0 aliphatic carbocycles. The first-order chi connectivity index (χ1) is 12.5. The Morgan fingerprint density at radius 1 is 1.31 bits per heavy atom. The summed E-state index contributed by atoms with van der Waals surface area (Å²) in [4.78, 5) is 32.3. The number of hydrogen-bond acceptors (Lipinski definition) is 4. The van der Waals surface area contributed by atoms with Crippen LogP contribution in [0.4, 0.5) is 0 Å². The Morgan fingerprint density at radius 3 is 2.81 bits per heavy atom. The second kappa shape index (κ2) is 6.85. The van der Waals surface area contributed by atoms with E-state index in [0.717, 1.165) is 42.6 Å². The van der Waals surface area contributed by atoms with Crippen LogP contribution in [0.3, 0.4) is 0 Å². The molecule has 1 aliphatic heterocycles. The summed E-state index contributed by atoms with van der Waals surface area (Å²) < 4.78 is 1.42. The van der Waals surface area contributed by atoms with E-state index in [0.29, 0.717) is 15.2 Å².